The van der Waals surface area contributed by atoms with Crippen molar-refractivity contribution in [2.45, 2.75) is 4.90 Å². The molecule has 0 radical (unpaired) electrons. The van der Waals surface area contributed by atoms with Gasteiger partial charge in [0.05, 0.1) is 23.2 Å². The zero-order chi connectivity index (χ0) is 28.7. The number of rotatable bonds is 6. The molecule has 0 amide bonds. The second kappa shape index (κ2) is 10.8. The van der Waals surface area contributed by atoms with E-state index in [1.165, 1.54) is 49.8 Å². The van der Waals surface area contributed by atoms with Crippen molar-refractivity contribution in [2.75, 3.05) is 7.11 Å². The molecule has 0 saturated carbocycles. The van der Waals surface area contributed by atoms with Gasteiger partial charge in [-0.2, -0.15) is 8.78 Å². The Hall–Kier alpha value is -4.16. The summed E-state index contributed by atoms with van der Waals surface area (Å²) in [7, 11) is 1.42. The van der Waals surface area contributed by atoms with Crippen LogP contribution in [0, 0.1) is 34.9 Å². The fourth-order valence-electron chi connectivity index (χ4n) is 3.92. The number of nitrogens with zero attached hydrogens (tertiary/aromatic N) is 2. The third kappa shape index (κ3) is 4.84. The molecule has 0 spiro atoms. The van der Waals surface area contributed by atoms with Crippen molar-refractivity contribution < 1.29 is 39.5 Å². The number of halogens is 7. The Bertz CT molecular complexity index is 1810. The van der Waals surface area contributed by atoms with E-state index in [1.54, 1.807) is 18.2 Å². The highest BCUT2D eigenvalue weighted by Crippen LogP contribution is 2.41. The van der Waals surface area contributed by atoms with Crippen molar-refractivity contribution in [1.29, 1.82) is 0 Å². The molecular formula is C27H13ClF6N2O3S. The Balaban J connectivity index is 1.54. The molecule has 0 fully saturated rings. The topological polar surface area (TPSA) is 61.3 Å². The maximum Gasteiger partial charge on any atom is 0.240 e. The lowest BCUT2D eigenvalue weighted by molar-refractivity contribution is 0.352. The highest BCUT2D eigenvalue weighted by Gasteiger charge is 2.29. The van der Waals surface area contributed by atoms with Crippen LogP contribution < -0.4 is 8.92 Å². The van der Waals surface area contributed by atoms with Gasteiger partial charge in [0.25, 0.3) is 0 Å². The number of benzene rings is 4. The molecule has 1 unspecified atom stereocenters. The van der Waals surface area contributed by atoms with Gasteiger partial charge in [-0.25, -0.2) is 31.7 Å². The first-order valence-electron chi connectivity index (χ1n) is 11.1. The number of hydrogen-bond acceptors (Lipinski definition) is 5. The molecule has 5 nitrogen and oxygen atoms in total. The van der Waals surface area contributed by atoms with Gasteiger partial charge in [0, 0.05) is 21.5 Å². The van der Waals surface area contributed by atoms with Gasteiger partial charge in [0.15, 0.2) is 0 Å². The molecule has 0 N–H and O–H groups in total. The van der Waals surface area contributed by atoms with Crippen molar-refractivity contribution in [1.82, 2.24) is 9.97 Å². The molecule has 0 aliphatic rings. The molecule has 1 aromatic heterocycles. The highest BCUT2D eigenvalue weighted by molar-refractivity contribution is 7.80. The van der Waals surface area contributed by atoms with Crippen LogP contribution in [0.4, 0.5) is 26.3 Å². The van der Waals surface area contributed by atoms with Gasteiger partial charge in [0.1, 0.15) is 17.9 Å². The van der Waals surface area contributed by atoms with Gasteiger partial charge < -0.3 is 8.92 Å². The predicted molar refractivity (Wildman–Crippen MR) is 135 cm³/mol. The summed E-state index contributed by atoms with van der Waals surface area (Å²) in [6.07, 6.45) is 1.18. The molecule has 40 heavy (non-hydrogen) atoms. The Morgan fingerprint density at radius 3 is 2.17 bits per heavy atom. The Morgan fingerprint density at radius 2 is 1.50 bits per heavy atom. The SMILES string of the molecule is COc1cc(-c2cccc(F)c2)c(Cl)cc1-c1ncnc2cc(S(=O)Oc3c(F)c(F)c(F)c(F)c3F)ccc12. The minimum Gasteiger partial charge on any atom is -0.496 e. The molecule has 1 atom stereocenters. The molecule has 0 bridgehead atoms. The second-order valence-corrected chi connectivity index (χ2v) is 9.68. The molecule has 204 valence electrons. The summed E-state index contributed by atoms with van der Waals surface area (Å²) in [6, 6.07) is 12.9. The predicted octanol–water partition coefficient (Wildman–Crippen LogP) is 7.56. The quantitative estimate of drug-likeness (QED) is 0.115. The molecule has 1 heterocycles. The van der Waals surface area contributed by atoms with E-state index in [4.69, 9.17) is 16.3 Å². The van der Waals surface area contributed by atoms with E-state index in [0.717, 1.165) is 0 Å². The first-order valence-corrected chi connectivity index (χ1v) is 12.6. The number of methoxy groups -OCH3 is 1. The summed E-state index contributed by atoms with van der Waals surface area (Å²) in [5.41, 5.74) is 2.00. The molecule has 0 saturated heterocycles. The van der Waals surface area contributed by atoms with Crippen molar-refractivity contribution in [3.63, 3.8) is 0 Å². The maximum atomic E-state index is 14.0. The van der Waals surface area contributed by atoms with Crippen LogP contribution in [0.15, 0.2) is 65.8 Å². The van der Waals surface area contributed by atoms with Gasteiger partial charge in [0.2, 0.25) is 45.9 Å². The number of hydrogen-bond donors (Lipinski definition) is 0. The minimum absolute atomic E-state index is 0.187. The largest absolute Gasteiger partial charge is 0.496 e. The highest BCUT2D eigenvalue weighted by atomic mass is 35.5. The zero-order valence-electron chi connectivity index (χ0n) is 19.9. The summed E-state index contributed by atoms with van der Waals surface area (Å²) in [6.45, 7) is 0. The van der Waals surface area contributed by atoms with Crippen LogP contribution in [0.5, 0.6) is 11.5 Å². The second-order valence-electron chi connectivity index (χ2n) is 8.16. The first kappa shape index (κ1) is 27.4. The Kier molecular flexibility index (Phi) is 7.39. The van der Waals surface area contributed by atoms with Gasteiger partial charge >= 0.3 is 0 Å². The lowest BCUT2D eigenvalue weighted by atomic mass is 9.99. The normalized spacial score (nSPS) is 12.0. The van der Waals surface area contributed by atoms with E-state index >= 15 is 0 Å². The fourth-order valence-corrected chi connectivity index (χ4v) is 4.98. The summed E-state index contributed by atoms with van der Waals surface area (Å²) >= 11 is 3.84. The van der Waals surface area contributed by atoms with E-state index in [9.17, 15) is 30.6 Å². The van der Waals surface area contributed by atoms with Crippen molar-refractivity contribution in [3.05, 3.63) is 101 Å². The lowest BCUT2D eigenvalue weighted by Gasteiger charge is -2.14. The van der Waals surface area contributed by atoms with Crippen molar-refractivity contribution in [3.8, 4) is 33.9 Å². The summed E-state index contributed by atoms with van der Waals surface area (Å²) in [5, 5.41) is 0.675. The molecular weight excluding hydrogens is 582 g/mol. The fraction of sp³-hybridized carbons (Fsp3) is 0.0370. The van der Waals surface area contributed by atoms with Gasteiger partial charge in [-0.1, -0.05) is 23.7 Å². The third-order valence-electron chi connectivity index (χ3n) is 5.81. The van der Waals surface area contributed by atoms with E-state index in [-0.39, 0.29) is 15.4 Å². The maximum absolute atomic E-state index is 14.0. The third-order valence-corrected chi connectivity index (χ3v) is 7.08. The van der Waals surface area contributed by atoms with E-state index in [2.05, 4.69) is 14.2 Å². The number of aromatic nitrogens is 2. The van der Waals surface area contributed by atoms with Crippen LogP contribution in [0.3, 0.4) is 0 Å². The van der Waals surface area contributed by atoms with Crippen LogP contribution in [0.1, 0.15) is 0 Å². The zero-order valence-corrected chi connectivity index (χ0v) is 21.5. The smallest absolute Gasteiger partial charge is 0.240 e. The van der Waals surface area contributed by atoms with Gasteiger partial charge in [-0.05, 0) is 48.0 Å². The van der Waals surface area contributed by atoms with Crippen LogP contribution in [0.2, 0.25) is 5.02 Å². The van der Waals surface area contributed by atoms with E-state index < -0.39 is 51.7 Å². The van der Waals surface area contributed by atoms with Gasteiger partial charge in [-0.15, -0.1) is 0 Å². The molecule has 13 heteroatoms. The standard InChI is InChI=1S/C27H13ClF6N2O3S/c1-38-20-10-16(12-3-2-4-13(29)7-12)18(28)9-17(20)26-15-6-5-14(8-19(15)35-11-36-26)40(37)39-27-24(33)22(31)21(30)23(32)25(27)34/h2-11H,1H3. The van der Waals surface area contributed by atoms with Crippen LogP contribution in [-0.4, -0.2) is 21.3 Å². The molecule has 0 aliphatic carbocycles. The summed E-state index contributed by atoms with van der Waals surface area (Å²) in [5.74, 6) is -13.2. The molecule has 4 aromatic carbocycles. The summed E-state index contributed by atoms with van der Waals surface area (Å²) < 4.78 is 105. The number of fused-ring (bicyclic) bond motifs is 1. The van der Waals surface area contributed by atoms with Crippen LogP contribution in [0.25, 0.3) is 33.3 Å². The molecule has 0 aliphatic heterocycles. The van der Waals surface area contributed by atoms with Gasteiger partial charge in [-0.3, -0.25) is 0 Å². The lowest BCUT2D eigenvalue weighted by Crippen LogP contribution is -2.09. The minimum atomic E-state index is -2.69. The summed E-state index contributed by atoms with van der Waals surface area (Å²) in [4.78, 5) is 8.22. The molecule has 5 aromatic rings. The molecule has 5 rings (SSSR count). The average Bonchev–Trinajstić information content (AvgIpc) is 2.96. The first-order chi connectivity index (χ1) is 19.1. The van der Waals surface area contributed by atoms with E-state index in [0.29, 0.717) is 33.5 Å². The van der Waals surface area contributed by atoms with Crippen molar-refractivity contribution in [2.24, 2.45) is 0 Å². The van der Waals surface area contributed by atoms with Crippen LogP contribution in [-0.2, 0) is 11.1 Å². The average molecular weight is 595 g/mol. The monoisotopic (exact) mass is 594 g/mol. The Morgan fingerprint density at radius 1 is 0.800 bits per heavy atom. The van der Waals surface area contributed by atoms with Crippen LogP contribution >= 0.6 is 11.6 Å². The van der Waals surface area contributed by atoms with E-state index in [1.807, 2.05) is 0 Å². The number of ether oxygens (including phenoxy) is 1. The Labute approximate surface area is 229 Å². The van der Waals surface area contributed by atoms with Crippen molar-refractivity contribution >= 4 is 33.6 Å².